The molecule has 3 N–H and O–H groups in total. The number of carboxylic acids is 1. The molecule has 0 saturated carbocycles. The summed E-state index contributed by atoms with van der Waals surface area (Å²) < 4.78 is 11.4. The second-order valence-electron chi connectivity index (χ2n) is 8.37. The molecule has 1 saturated heterocycles. The Morgan fingerprint density at radius 1 is 0.895 bits per heavy atom. The zero-order valence-corrected chi connectivity index (χ0v) is 20.7. The van der Waals surface area contributed by atoms with Gasteiger partial charge in [0.15, 0.2) is 12.2 Å². The monoisotopic (exact) mass is 537 g/mol. The van der Waals surface area contributed by atoms with Crippen LogP contribution in [0.5, 0.6) is 0 Å². The second-order valence-corrected chi connectivity index (χ2v) is 8.71. The minimum absolute atomic E-state index is 0.0498. The van der Waals surface area contributed by atoms with Crippen LogP contribution in [-0.4, -0.2) is 53.8 Å². The Kier molecular flexibility index (Phi) is 8.70. The summed E-state index contributed by atoms with van der Waals surface area (Å²) in [5, 5.41) is 14.9. The Morgan fingerprint density at radius 2 is 1.50 bits per heavy atom. The van der Waals surface area contributed by atoms with Crippen molar-refractivity contribution in [2.75, 3.05) is 16.5 Å². The maximum atomic E-state index is 12.9. The van der Waals surface area contributed by atoms with E-state index in [1.807, 2.05) is 6.07 Å². The van der Waals surface area contributed by atoms with Crippen LogP contribution in [0.15, 0.2) is 84.9 Å². The Balaban J connectivity index is 1.37. The van der Waals surface area contributed by atoms with Gasteiger partial charge < -0.3 is 25.2 Å². The quantitative estimate of drug-likeness (QED) is 0.357. The largest absolute Gasteiger partial charge is 0.480 e. The number of hydrogen-bond acceptors (Lipinski definition) is 6. The Morgan fingerprint density at radius 3 is 2.13 bits per heavy atom. The highest BCUT2D eigenvalue weighted by Crippen LogP contribution is 2.23. The predicted octanol–water partition coefficient (Wildman–Crippen LogP) is 2.98. The van der Waals surface area contributed by atoms with Crippen molar-refractivity contribution >= 4 is 46.8 Å². The normalized spacial score (nSPS) is 17.3. The molecule has 3 atom stereocenters. The van der Waals surface area contributed by atoms with E-state index in [9.17, 15) is 24.3 Å². The van der Waals surface area contributed by atoms with Crippen LogP contribution in [0.4, 0.5) is 11.4 Å². The summed E-state index contributed by atoms with van der Waals surface area (Å²) in [6.45, 7) is -0.331. The molecule has 4 rings (SSSR count). The average Bonchev–Trinajstić information content (AvgIpc) is 3.44. The molecule has 1 fully saturated rings. The minimum Gasteiger partial charge on any atom is -0.480 e. The van der Waals surface area contributed by atoms with Crippen LogP contribution in [-0.2, 0) is 30.3 Å². The summed E-state index contributed by atoms with van der Waals surface area (Å²) in [7, 11) is 0. The van der Waals surface area contributed by atoms with Crippen molar-refractivity contribution in [3.8, 4) is 0 Å². The van der Waals surface area contributed by atoms with Crippen LogP contribution in [0.3, 0.4) is 0 Å². The maximum absolute atomic E-state index is 12.9. The lowest BCUT2D eigenvalue weighted by Gasteiger charge is -2.22. The Bertz CT molecular complexity index is 1290. The Labute approximate surface area is 223 Å². The fraction of sp³-hybridized carbons (Fsp3) is 0.185. The number of rotatable bonds is 9. The topological polar surface area (TPSA) is 134 Å². The van der Waals surface area contributed by atoms with E-state index in [1.54, 1.807) is 78.9 Å². The van der Waals surface area contributed by atoms with Crippen LogP contribution >= 0.6 is 11.8 Å². The van der Waals surface area contributed by atoms with Crippen LogP contribution < -0.4 is 15.1 Å². The minimum atomic E-state index is -1.38. The molecule has 1 aliphatic rings. The molecule has 3 aromatic carbocycles. The Hall–Kier alpha value is -4.25. The smallest absolute Gasteiger partial charge is 0.326 e. The first-order valence-corrected chi connectivity index (χ1v) is 11.9. The maximum Gasteiger partial charge on any atom is 0.326 e. The third-order valence-electron chi connectivity index (χ3n) is 5.75. The molecule has 3 amide bonds. The molecule has 1 aliphatic heterocycles. The molecule has 1 unspecified atom stereocenters. The van der Waals surface area contributed by atoms with Crippen molar-refractivity contribution < 1.29 is 33.8 Å². The molecule has 0 spiro atoms. The van der Waals surface area contributed by atoms with E-state index >= 15 is 0 Å². The van der Waals surface area contributed by atoms with Crippen LogP contribution in [0.25, 0.3) is 0 Å². The number of carbonyl (C=O) groups excluding carboxylic acids is 3. The van der Waals surface area contributed by atoms with Crippen molar-refractivity contribution in [1.29, 1.82) is 0 Å². The highest BCUT2D eigenvalue weighted by molar-refractivity contribution is 6.37. The van der Waals surface area contributed by atoms with Crippen molar-refractivity contribution in [2.45, 2.75) is 24.7 Å². The highest BCUT2D eigenvalue weighted by Gasteiger charge is 2.43. The molecule has 0 aliphatic carbocycles. The number of anilines is 2. The number of hydrogen-bond donors (Lipinski definition) is 3. The summed E-state index contributed by atoms with van der Waals surface area (Å²) in [6, 6.07) is 22.3. The van der Waals surface area contributed by atoms with Crippen molar-refractivity contribution in [3.63, 3.8) is 0 Å². The third kappa shape index (κ3) is 6.54. The molecule has 11 heteroatoms. The van der Waals surface area contributed by atoms with Crippen molar-refractivity contribution in [2.24, 2.45) is 0 Å². The summed E-state index contributed by atoms with van der Waals surface area (Å²) in [5.41, 5.74) is 2.00. The number of carboxylic acid groups (broad SMARTS) is 1. The number of carbonyl (C=O) groups is 4. The molecule has 0 aromatic heterocycles. The van der Waals surface area contributed by atoms with Gasteiger partial charge in [-0.25, -0.2) is 9.21 Å². The van der Waals surface area contributed by atoms with E-state index in [4.69, 9.17) is 21.3 Å². The van der Waals surface area contributed by atoms with Gasteiger partial charge in [-0.2, -0.15) is 0 Å². The van der Waals surface area contributed by atoms with Crippen molar-refractivity contribution in [1.82, 2.24) is 5.32 Å². The summed E-state index contributed by atoms with van der Waals surface area (Å²) in [6.07, 6.45) is -2.79. The van der Waals surface area contributed by atoms with Gasteiger partial charge in [-0.15, -0.1) is 0 Å². The zero-order valence-electron chi connectivity index (χ0n) is 20.0. The van der Waals surface area contributed by atoms with Crippen LogP contribution in [0, 0.1) is 0 Å². The average molecular weight is 538 g/mol. The van der Waals surface area contributed by atoms with Gasteiger partial charge in [0, 0.05) is 29.4 Å². The summed E-state index contributed by atoms with van der Waals surface area (Å²) in [5.74, 6) is -3.10. The fourth-order valence-electron chi connectivity index (χ4n) is 3.78. The van der Waals surface area contributed by atoms with Gasteiger partial charge >= 0.3 is 5.97 Å². The van der Waals surface area contributed by atoms with Crippen LogP contribution in [0.2, 0.25) is 0 Å². The van der Waals surface area contributed by atoms with E-state index in [-0.39, 0.29) is 19.1 Å². The van der Waals surface area contributed by atoms with Gasteiger partial charge in [0.2, 0.25) is 0 Å². The molecule has 10 nitrogen and oxygen atoms in total. The molecule has 0 radical (unpaired) electrons. The van der Waals surface area contributed by atoms with Gasteiger partial charge in [0.25, 0.3) is 17.7 Å². The van der Waals surface area contributed by atoms with Crippen LogP contribution in [0.1, 0.15) is 15.9 Å². The number of nitrogens with one attached hydrogen (secondary N) is 2. The first-order valence-electron chi connectivity index (χ1n) is 11.6. The van der Waals surface area contributed by atoms with E-state index in [2.05, 4.69) is 10.6 Å². The van der Waals surface area contributed by atoms with Gasteiger partial charge in [-0.05, 0) is 42.0 Å². The van der Waals surface area contributed by atoms with Crippen molar-refractivity contribution in [3.05, 3.63) is 96.1 Å². The molecule has 0 bridgehead atoms. The summed E-state index contributed by atoms with van der Waals surface area (Å²) >= 11 is 6.15. The number of ether oxygens (including phenoxy) is 2. The molecule has 1 heterocycles. The molecular weight excluding hydrogens is 514 g/mol. The van der Waals surface area contributed by atoms with Gasteiger partial charge in [0.05, 0.1) is 5.69 Å². The standard InChI is InChI=1S/C27H24ClN3O7/c28-31(20-9-5-2-6-10-20)26(34)23-22(37-16-38-23)25(33)30-21(27(35)36)15-17-11-13-19(14-12-17)29-24(32)18-7-3-1-4-8-18/h1-14,21-23H,15-16H2,(H,29,32)(H,30,33)(H,35,36)/t21?,22-,23-/m1/s1. The van der Waals surface area contributed by atoms with E-state index in [1.165, 1.54) is 0 Å². The lowest BCUT2D eigenvalue weighted by atomic mass is 10.0. The predicted molar refractivity (Wildman–Crippen MR) is 139 cm³/mol. The summed E-state index contributed by atoms with van der Waals surface area (Å²) in [4.78, 5) is 49.9. The van der Waals surface area contributed by atoms with E-state index in [0.29, 0.717) is 22.5 Å². The van der Waals surface area contributed by atoms with E-state index in [0.717, 1.165) is 4.42 Å². The van der Waals surface area contributed by atoms with E-state index < -0.39 is 36.0 Å². The number of benzene rings is 3. The van der Waals surface area contributed by atoms with Gasteiger partial charge in [0.1, 0.15) is 12.8 Å². The SMILES string of the molecule is O=C(Nc1ccc(CC(NC(=O)[C@@H]2OCO[C@H]2C(=O)N(Cl)c2ccccc2)C(=O)O)cc1)c1ccccc1. The first kappa shape index (κ1) is 26.8. The number of nitrogens with zero attached hydrogens (tertiary/aromatic N) is 1. The third-order valence-corrected chi connectivity index (χ3v) is 6.11. The lowest BCUT2D eigenvalue weighted by molar-refractivity contribution is -0.144. The zero-order chi connectivity index (χ0) is 27.1. The molecule has 3 aromatic rings. The number of halogens is 1. The molecular formula is C27H24ClN3O7. The van der Waals surface area contributed by atoms with Gasteiger partial charge in [-0.1, -0.05) is 48.5 Å². The molecule has 196 valence electrons. The highest BCUT2D eigenvalue weighted by atomic mass is 35.5. The fourth-order valence-corrected chi connectivity index (χ4v) is 3.99. The first-order chi connectivity index (χ1) is 18.3. The number of aliphatic carboxylic acids is 1. The number of para-hydroxylation sites is 1. The number of amides is 3. The lowest BCUT2D eigenvalue weighted by Crippen LogP contribution is -2.52. The second kappa shape index (κ2) is 12.3. The van der Waals surface area contributed by atoms with Gasteiger partial charge in [-0.3, -0.25) is 14.4 Å². The molecule has 38 heavy (non-hydrogen) atoms.